The Morgan fingerprint density at radius 2 is 2.04 bits per heavy atom. The molecule has 0 bridgehead atoms. The van der Waals surface area contributed by atoms with Gasteiger partial charge in [-0.3, -0.25) is 0 Å². The molecule has 0 aliphatic carbocycles. The normalized spacial score (nSPS) is 15.1. The molecule has 9 heteroatoms. The van der Waals surface area contributed by atoms with Gasteiger partial charge in [-0.2, -0.15) is 13.2 Å². The Bertz CT molecular complexity index is 578. The van der Waals surface area contributed by atoms with Crippen LogP contribution in [0.3, 0.4) is 0 Å². The van der Waals surface area contributed by atoms with Crippen LogP contribution in [-0.4, -0.2) is 51.7 Å². The molecule has 2 N–H and O–H groups in total. The Hall–Kier alpha value is -1.58. The highest BCUT2D eigenvalue weighted by atomic mass is 32.1. The van der Waals surface area contributed by atoms with E-state index in [9.17, 15) is 13.2 Å². The number of hydrogen-bond donors (Lipinski definition) is 2. The van der Waals surface area contributed by atoms with E-state index in [0.717, 1.165) is 18.6 Å². The molecule has 2 rings (SSSR count). The molecule has 0 unspecified atom stereocenters. The minimum Gasteiger partial charge on any atom is -0.385 e. The van der Waals surface area contributed by atoms with Gasteiger partial charge >= 0.3 is 6.18 Å². The molecular formula is C16H22F3N3O2S. The van der Waals surface area contributed by atoms with Gasteiger partial charge in [-0.25, -0.2) is 0 Å². The van der Waals surface area contributed by atoms with Crippen LogP contribution in [0, 0.1) is 0 Å². The number of methoxy groups -OCH3 is 1. The van der Waals surface area contributed by atoms with Crippen molar-refractivity contribution in [3.63, 3.8) is 0 Å². The molecular weight excluding hydrogens is 355 g/mol. The van der Waals surface area contributed by atoms with Crippen LogP contribution in [0.4, 0.5) is 24.5 Å². The van der Waals surface area contributed by atoms with Crippen molar-refractivity contribution in [2.45, 2.75) is 12.6 Å². The maximum Gasteiger partial charge on any atom is 0.416 e. The number of thiocarbonyl (C=S) groups is 1. The number of nitrogens with one attached hydrogen (secondary N) is 2. The number of rotatable bonds is 6. The molecule has 1 aliphatic rings. The van der Waals surface area contributed by atoms with E-state index in [1.54, 1.807) is 7.11 Å². The lowest BCUT2D eigenvalue weighted by molar-refractivity contribution is -0.137. The van der Waals surface area contributed by atoms with Gasteiger partial charge in [0.25, 0.3) is 0 Å². The van der Waals surface area contributed by atoms with Crippen LogP contribution in [0.2, 0.25) is 0 Å². The van der Waals surface area contributed by atoms with Gasteiger partial charge in [0.1, 0.15) is 0 Å². The highest BCUT2D eigenvalue weighted by molar-refractivity contribution is 7.80. The third kappa shape index (κ3) is 6.02. The van der Waals surface area contributed by atoms with Crippen LogP contribution in [0.15, 0.2) is 18.2 Å². The van der Waals surface area contributed by atoms with Crippen molar-refractivity contribution in [2.24, 2.45) is 0 Å². The maximum absolute atomic E-state index is 13.0. The molecule has 1 heterocycles. The summed E-state index contributed by atoms with van der Waals surface area (Å²) in [4.78, 5) is 1.99. The minimum absolute atomic E-state index is 0.282. The fourth-order valence-corrected chi connectivity index (χ4v) is 2.69. The molecule has 25 heavy (non-hydrogen) atoms. The van der Waals surface area contributed by atoms with Crippen molar-refractivity contribution in [3.8, 4) is 0 Å². The predicted molar refractivity (Wildman–Crippen MR) is 95.2 cm³/mol. The number of hydrogen-bond acceptors (Lipinski definition) is 4. The molecule has 1 aromatic rings. The van der Waals surface area contributed by atoms with E-state index >= 15 is 0 Å². The van der Waals surface area contributed by atoms with Crippen molar-refractivity contribution < 1.29 is 22.6 Å². The van der Waals surface area contributed by atoms with E-state index in [1.165, 1.54) is 6.07 Å². The summed E-state index contributed by atoms with van der Waals surface area (Å²) in [5.74, 6) is 0. The molecule has 0 aromatic heterocycles. The second kappa shape index (κ2) is 9.21. The van der Waals surface area contributed by atoms with Crippen LogP contribution in [0.1, 0.15) is 12.0 Å². The predicted octanol–water partition coefficient (Wildman–Crippen LogP) is 2.86. The Morgan fingerprint density at radius 1 is 1.32 bits per heavy atom. The molecule has 1 fully saturated rings. The van der Waals surface area contributed by atoms with Gasteiger partial charge < -0.3 is 25.0 Å². The second-order valence-corrected chi connectivity index (χ2v) is 5.96. The summed E-state index contributed by atoms with van der Waals surface area (Å²) in [5.41, 5.74) is 0.299. The molecule has 1 aromatic carbocycles. The summed E-state index contributed by atoms with van der Waals surface area (Å²) in [6.07, 6.45) is -3.66. The van der Waals surface area contributed by atoms with Crippen LogP contribution in [0.25, 0.3) is 0 Å². The molecule has 0 radical (unpaired) electrons. The SMILES string of the molecule is COCCCNC(=S)Nc1cc(C(F)(F)F)ccc1N1CCOCC1. The van der Waals surface area contributed by atoms with Gasteiger partial charge in [-0.15, -0.1) is 0 Å². The average Bonchev–Trinajstić information content (AvgIpc) is 2.59. The first kappa shape index (κ1) is 19.7. The quantitative estimate of drug-likeness (QED) is 0.587. The largest absolute Gasteiger partial charge is 0.416 e. The summed E-state index contributed by atoms with van der Waals surface area (Å²) in [6, 6.07) is 3.66. The third-order valence-electron chi connectivity index (χ3n) is 3.73. The van der Waals surface area contributed by atoms with Crippen LogP contribution >= 0.6 is 12.2 Å². The van der Waals surface area contributed by atoms with E-state index in [0.29, 0.717) is 50.8 Å². The summed E-state index contributed by atoms with van der Waals surface area (Å²) in [6.45, 7) is 3.48. The van der Waals surface area contributed by atoms with E-state index in [2.05, 4.69) is 10.6 Å². The smallest absolute Gasteiger partial charge is 0.385 e. The highest BCUT2D eigenvalue weighted by Crippen LogP contribution is 2.35. The summed E-state index contributed by atoms with van der Waals surface area (Å²) >= 11 is 5.20. The van der Waals surface area contributed by atoms with Gasteiger partial charge in [0, 0.05) is 33.4 Å². The summed E-state index contributed by atoms with van der Waals surface area (Å²) < 4.78 is 49.4. The van der Waals surface area contributed by atoms with Crippen molar-refractivity contribution in [1.29, 1.82) is 0 Å². The molecule has 0 atom stereocenters. The molecule has 140 valence electrons. The number of morpholine rings is 1. The van der Waals surface area contributed by atoms with E-state index in [4.69, 9.17) is 21.7 Å². The topological polar surface area (TPSA) is 45.8 Å². The van der Waals surface area contributed by atoms with Crippen molar-refractivity contribution >= 4 is 28.7 Å². The Balaban J connectivity index is 2.14. The summed E-state index contributed by atoms with van der Waals surface area (Å²) in [5, 5.41) is 6.15. The molecule has 0 spiro atoms. The monoisotopic (exact) mass is 377 g/mol. The number of halogens is 3. The lowest BCUT2D eigenvalue weighted by Crippen LogP contribution is -2.37. The number of nitrogens with zero attached hydrogens (tertiary/aromatic N) is 1. The van der Waals surface area contributed by atoms with Crippen molar-refractivity contribution in [2.75, 3.05) is 56.8 Å². The summed E-state index contributed by atoms with van der Waals surface area (Å²) in [7, 11) is 1.60. The lowest BCUT2D eigenvalue weighted by atomic mass is 10.1. The Kier molecular flexibility index (Phi) is 7.27. The number of anilines is 2. The lowest BCUT2D eigenvalue weighted by Gasteiger charge is -2.31. The first-order valence-electron chi connectivity index (χ1n) is 7.99. The number of alkyl halides is 3. The number of ether oxygens (including phenoxy) is 2. The molecule has 0 amide bonds. The van der Waals surface area contributed by atoms with Crippen LogP contribution < -0.4 is 15.5 Å². The molecule has 0 saturated carbocycles. The number of benzene rings is 1. The second-order valence-electron chi connectivity index (χ2n) is 5.56. The van der Waals surface area contributed by atoms with E-state index < -0.39 is 11.7 Å². The van der Waals surface area contributed by atoms with Gasteiger partial charge in [0.15, 0.2) is 5.11 Å². The van der Waals surface area contributed by atoms with E-state index in [-0.39, 0.29) is 5.11 Å². The first-order valence-corrected chi connectivity index (χ1v) is 8.40. The average molecular weight is 377 g/mol. The highest BCUT2D eigenvalue weighted by Gasteiger charge is 2.31. The Morgan fingerprint density at radius 3 is 2.68 bits per heavy atom. The standard InChI is InChI=1S/C16H22F3N3O2S/c1-23-8-2-5-20-15(25)21-13-11-12(16(17,18)19)3-4-14(13)22-6-9-24-10-7-22/h3-4,11H,2,5-10H2,1H3,(H2,20,21,25). The van der Waals surface area contributed by atoms with Gasteiger partial charge in [0.2, 0.25) is 0 Å². The fourth-order valence-electron chi connectivity index (χ4n) is 2.48. The zero-order valence-corrected chi connectivity index (χ0v) is 14.8. The van der Waals surface area contributed by atoms with Gasteiger partial charge in [0.05, 0.1) is 30.2 Å². The Labute approximate surface area is 150 Å². The zero-order valence-electron chi connectivity index (χ0n) is 14.0. The van der Waals surface area contributed by atoms with Gasteiger partial charge in [-0.05, 0) is 36.8 Å². The zero-order chi connectivity index (χ0) is 18.3. The van der Waals surface area contributed by atoms with Gasteiger partial charge in [-0.1, -0.05) is 0 Å². The molecule has 1 aliphatic heterocycles. The van der Waals surface area contributed by atoms with Crippen molar-refractivity contribution in [3.05, 3.63) is 23.8 Å². The third-order valence-corrected chi connectivity index (χ3v) is 3.98. The maximum atomic E-state index is 13.0. The van der Waals surface area contributed by atoms with Crippen LogP contribution in [-0.2, 0) is 15.7 Å². The minimum atomic E-state index is -4.41. The van der Waals surface area contributed by atoms with Crippen LogP contribution in [0.5, 0.6) is 0 Å². The van der Waals surface area contributed by atoms with Crippen molar-refractivity contribution in [1.82, 2.24) is 5.32 Å². The fraction of sp³-hybridized carbons (Fsp3) is 0.562. The molecule has 5 nitrogen and oxygen atoms in total. The first-order chi connectivity index (χ1) is 11.9. The molecule has 1 saturated heterocycles. The van der Waals surface area contributed by atoms with E-state index in [1.807, 2.05) is 4.90 Å².